The van der Waals surface area contributed by atoms with Crippen LogP contribution in [0, 0.1) is 12.8 Å². The molecule has 1 atom stereocenters. The van der Waals surface area contributed by atoms with Crippen molar-refractivity contribution in [3.05, 3.63) is 53.5 Å². The van der Waals surface area contributed by atoms with Crippen LogP contribution in [0.2, 0.25) is 0 Å². The molecule has 1 heterocycles. The Kier molecular flexibility index (Phi) is 3.69. The highest BCUT2D eigenvalue weighted by Gasteiger charge is 2.34. The molecule has 0 saturated heterocycles. The number of carbonyl (C=O) groups is 1. The van der Waals surface area contributed by atoms with Crippen LogP contribution in [0.3, 0.4) is 0 Å². The molecule has 1 aromatic heterocycles. The Morgan fingerprint density at radius 3 is 2.52 bits per heavy atom. The van der Waals surface area contributed by atoms with Crippen molar-refractivity contribution >= 4 is 5.91 Å². The minimum absolute atomic E-state index is 0.0351. The molecule has 0 spiro atoms. The van der Waals surface area contributed by atoms with E-state index < -0.39 is 0 Å². The van der Waals surface area contributed by atoms with E-state index in [1.165, 1.54) is 0 Å². The largest absolute Gasteiger partial charge is 0.497 e. The van der Waals surface area contributed by atoms with Crippen molar-refractivity contribution in [1.29, 1.82) is 0 Å². The van der Waals surface area contributed by atoms with E-state index in [0.717, 1.165) is 29.7 Å². The van der Waals surface area contributed by atoms with E-state index in [-0.39, 0.29) is 11.9 Å². The molecule has 0 radical (unpaired) electrons. The Balaban J connectivity index is 1.78. The van der Waals surface area contributed by atoms with Gasteiger partial charge in [0.05, 0.1) is 19.4 Å². The second-order valence-electron chi connectivity index (χ2n) is 5.49. The Labute approximate surface area is 124 Å². The van der Waals surface area contributed by atoms with Crippen molar-refractivity contribution in [2.45, 2.75) is 25.8 Å². The Hall–Kier alpha value is -2.23. The third-order valence-electron chi connectivity index (χ3n) is 3.92. The molecule has 1 saturated carbocycles. The molecule has 1 aliphatic carbocycles. The molecule has 1 fully saturated rings. The molecule has 2 aromatic rings. The summed E-state index contributed by atoms with van der Waals surface area (Å²) in [6, 6.07) is 9.71. The average Bonchev–Trinajstić information content (AvgIpc) is 3.26. The Morgan fingerprint density at radius 2 is 2.00 bits per heavy atom. The minimum atomic E-state index is -0.148. The zero-order valence-corrected chi connectivity index (χ0v) is 12.3. The predicted molar refractivity (Wildman–Crippen MR) is 79.4 cm³/mol. The molecule has 1 unspecified atom stereocenters. The molecule has 0 aliphatic heterocycles. The van der Waals surface area contributed by atoms with Gasteiger partial charge in [0.25, 0.3) is 5.91 Å². The summed E-state index contributed by atoms with van der Waals surface area (Å²) >= 11 is 0. The van der Waals surface area contributed by atoms with Gasteiger partial charge in [-0.05, 0) is 49.4 Å². The van der Waals surface area contributed by atoms with Crippen LogP contribution in [0.1, 0.15) is 40.6 Å². The third-order valence-corrected chi connectivity index (χ3v) is 3.92. The van der Waals surface area contributed by atoms with Crippen LogP contribution < -0.4 is 10.1 Å². The van der Waals surface area contributed by atoms with Crippen LogP contribution >= 0.6 is 0 Å². The Bertz CT molecular complexity index is 626. The van der Waals surface area contributed by atoms with E-state index in [9.17, 15) is 4.79 Å². The normalized spacial score (nSPS) is 15.5. The molecule has 1 aliphatic rings. The van der Waals surface area contributed by atoms with Crippen LogP contribution in [-0.4, -0.2) is 13.0 Å². The van der Waals surface area contributed by atoms with Gasteiger partial charge in [-0.2, -0.15) is 0 Å². The second-order valence-corrected chi connectivity index (χ2v) is 5.49. The van der Waals surface area contributed by atoms with E-state index in [1.54, 1.807) is 19.4 Å². The summed E-state index contributed by atoms with van der Waals surface area (Å²) in [4.78, 5) is 12.3. The summed E-state index contributed by atoms with van der Waals surface area (Å²) in [5.41, 5.74) is 1.97. The number of hydrogen-bond donors (Lipinski definition) is 1. The van der Waals surface area contributed by atoms with Gasteiger partial charge in [0.2, 0.25) is 0 Å². The number of ether oxygens (including phenoxy) is 1. The number of carbonyl (C=O) groups excluding carboxylic acids is 1. The number of benzene rings is 1. The zero-order valence-electron chi connectivity index (χ0n) is 12.3. The predicted octanol–water partition coefficient (Wildman–Crippen LogP) is 3.48. The molecule has 110 valence electrons. The van der Waals surface area contributed by atoms with Crippen molar-refractivity contribution in [2.24, 2.45) is 5.92 Å². The maximum atomic E-state index is 12.3. The van der Waals surface area contributed by atoms with Crippen molar-refractivity contribution in [3.8, 4) is 5.75 Å². The van der Waals surface area contributed by atoms with Gasteiger partial charge >= 0.3 is 0 Å². The quantitative estimate of drug-likeness (QED) is 0.915. The first-order valence-corrected chi connectivity index (χ1v) is 7.18. The van der Waals surface area contributed by atoms with E-state index >= 15 is 0 Å². The molecule has 1 aromatic carbocycles. The lowest BCUT2D eigenvalue weighted by Gasteiger charge is -2.18. The summed E-state index contributed by atoms with van der Waals surface area (Å²) in [6.07, 6.45) is 3.84. The smallest absolute Gasteiger partial charge is 0.287 e. The van der Waals surface area contributed by atoms with Gasteiger partial charge in [-0.15, -0.1) is 0 Å². The van der Waals surface area contributed by atoms with Crippen LogP contribution in [0.25, 0.3) is 0 Å². The summed E-state index contributed by atoms with van der Waals surface area (Å²) in [6.45, 7) is 1.87. The van der Waals surface area contributed by atoms with Gasteiger partial charge < -0.3 is 14.5 Å². The van der Waals surface area contributed by atoms with E-state index in [1.807, 2.05) is 31.2 Å². The van der Waals surface area contributed by atoms with Gasteiger partial charge in [-0.1, -0.05) is 12.1 Å². The van der Waals surface area contributed by atoms with E-state index in [4.69, 9.17) is 9.15 Å². The molecule has 1 N–H and O–H groups in total. The van der Waals surface area contributed by atoms with Crippen molar-refractivity contribution in [2.75, 3.05) is 7.11 Å². The number of rotatable bonds is 5. The molecular formula is C17H19NO3. The molecule has 1 amide bonds. The first-order valence-electron chi connectivity index (χ1n) is 7.18. The summed E-state index contributed by atoms with van der Waals surface area (Å²) in [5, 5.41) is 3.10. The van der Waals surface area contributed by atoms with Gasteiger partial charge in [-0.3, -0.25) is 4.79 Å². The standard InChI is InChI=1S/C17H19NO3/c1-11-9-10-21-16(11)17(19)18-15(12-3-4-12)13-5-7-14(20-2)8-6-13/h5-10,12,15H,3-4H2,1-2H3,(H,18,19). The monoisotopic (exact) mass is 285 g/mol. The molecule has 21 heavy (non-hydrogen) atoms. The fourth-order valence-electron chi connectivity index (χ4n) is 2.53. The SMILES string of the molecule is COc1ccc(C(NC(=O)c2occc2C)C2CC2)cc1. The summed E-state index contributed by atoms with van der Waals surface area (Å²) in [7, 11) is 1.65. The second kappa shape index (κ2) is 5.64. The van der Waals surface area contributed by atoms with Crippen LogP contribution in [0.15, 0.2) is 41.0 Å². The highest BCUT2D eigenvalue weighted by Crippen LogP contribution is 2.41. The number of nitrogens with one attached hydrogen (secondary N) is 1. The lowest BCUT2D eigenvalue weighted by atomic mass is 10.0. The molecule has 4 heteroatoms. The zero-order chi connectivity index (χ0) is 14.8. The third kappa shape index (κ3) is 2.94. The summed E-state index contributed by atoms with van der Waals surface area (Å²) < 4.78 is 10.4. The van der Waals surface area contributed by atoms with E-state index in [0.29, 0.717) is 11.7 Å². The van der Waals surface area contributed by atoms with Crippen molar-refractivity contribution in [3.63, 3.8) is 0 Å². The molecular weight excluding hydrogens is 266 g/mol. The maximum absolute atomic E-state index is 12.3. The molecule has 4 nitrogen and oxygen atoms in total. The summed E-state index contributed by atoms with van der Waals surface area (Å²) in [5.74, 6) is 1.58. The number of methoxy groups -OCH3 is 1. The maximum Gasteiger partial charge on any atom is 0.287 e. The fraction of sp³-hybridized carbons (Fsp3) is 0.353. The number of furan rings is 1. The first kappa shape index (κ1) is 13.7. The topological polar surface area (TPSA) is 51.5 Å². The first-order chi connectivity index (χ1) is 10.2. The van der Waals surface area contributed by atoms with Gasteiger partial charge in [-0.25, -0.2) is 0 Å². The van der Waals surface area contributed by atoms with Crippen LogP contribution in [0.4, 0.5) is 0 Å². The van der Waals surface area contributed by atoms with Gasteiger partial charge in [0.15, 0.2) is 5.76 Å². The van der Waals surface area contributed by atoms with E-state index in [2.05, 4.69) is 5.32 Å². The fourth-order valence-corrected chi connectivity index (χ4v) is 2.53. The lowest BCUT2D eigenvalue weighted by Crippen LogP contribution is -2.30. The van der Waals surface area contributed by atoms with Crippen molar-refractivity contribution in [1.82, 2.24) is 5.32 Å². The van der Waals surface area contributed by atoms with Crippen molar-refractivity contribution < 1.29 is 13.9 Å². The van der Waals surface area contributed by atoms with Crippen LogP contribution in [-0.2, 0) is 0 Å². The Morgan fingerprint density at radius 1 is 1.29 bits per heavy atom. The highest BCUT2D eigenvalue weighted by molar-refractivity contribution is 5.93. The molecule has 3 rings (SSSR count). The van der Waals surface area contributed by atoms with Crippen LogP contribution in [0.5, 0.6) is 5.75 Å². The highest BCUT2D eigenvalue weighted by atomic mass is 16.5. The van der Waals surface area contributed by atoms with Gasteiger partial charge in [0.1, 0.15) is 5.75 Å². The lowest BCUT2D eigenvalue weighted by molar-refractivity contribution is 0.0902. The number of amides is 1. The minimum Gasteiger partial charge on any atom is -0.497 e. The number of hydrogen-bond acceptors (Lipinski definition) is 3. The average molecular weight is 285 g/mol. The van der Waals surface area contributed by atoms with Gasteiger partial charge in [0, 0.05) is 5.56 Å². The molecule has 0 bridgehead atoms. The number of aryl methyl sites for hydroxylation is 1.